The molecule has 0 saturated heterocycles. The van der Waals surface area contributed by atoms with Crippen LogP contribution >= 0.6 is 11.6 Å². The molecule has 0 radical (unpaired) electrons. The average molecular weight is 180 g/mol. The molecule has 0 aliphatic carbocycles. The van der Waals surface area contributed by atoms with Crippen molar-refractivity contribution in [1.82, 2.24) is 0 Å². The molecule has 2 heteroatoms. The van der Waals surface area contributed by atoms with E-state index < -0.39 is 0 Å². The zero-order chi connectivity index (χ0) is 8.55. The van der Waals surface area contributed by atoms with Gasteiger partial charge in [-0.15, -0.1) is 0 Å². The summed E-state index contributed by atoms with van der Waals surface area (Å²) in [6, 6.07) is 8.14. The van der Waals surface area contributed by atoms with Crippen LogP contribution in [0.3, 0.4) is 0 Å². The lowest BCUT2D eigenvalue weighted by molar-refractivity contribution is 1.11. The predicted octanol–water partition coefficient (Wildman–Crippen LogP) is 3.08. The van der Waals surface area contributed by atoms with E-state index in [4.69, 9.17) is 11.6 Å². The first-order valence-electron chi connectivity index (χ1n) is 3.95. The fourth-order valence-corrected chi connectivity index (χ4v) is 1.50. The topological polar surface area (TPSA) is 12.0 Å². The van der Waals surface area contributed by atoms with Gasteiger partial charge >= 0.3 is 0 Å². The summed E-state index contributed by atoms with van der Waals surface area (Å²) in [5.74, 6) is 0. The standard InChI is InChI=1S/C10H10ClN/c1-7-6-8-4-2-3-5-9(8)12-10(7)11/h2-6,10,12H,1H3. The minimum atomic E-state index is -0.0556. The Morgan fingerprint density at radius 2 is 2.08 bits per heavy atom. The van der Waals surface area contributed by atoms with Crippen molar-refractivity contribution in [2.75, 3.05) is 5.32 Å². The molecule has 1 unspecified atom stereocenters. The molecule has 1 nitrogen and oxygen atoms in total. The number of halogens is 1. The predicted molar refractivity (Wildman–Crippen MR) is 53.4 cm³/mol. The van der Waals surface area contributed by atoms with Crippen LogP contribution in [0.4, 0.5) is 5.69 Å². The summed E-state index contributed by atoms with van der Waals surface area (Å²) in [6.45, 7) is 2.03. The molecule has 1 aliphatic rings. The number of alkyl halides is 1. The van der Waals surface area contributed by atoms with Crippen molar-refractivity contribution >= 4 is 23.4 Å². The van der Waals surface area contributed by atoms with Gasteiger partial charge in [0.05, 0.1) is 0 Å². The second kappa shape index (κ2) is 2.83. The third-order valence-corrected chi connectivity index (χ3v) is 2.48. The van der Waals surface area contributed by atoms with E-state index >= 15 is 0 Å². The summed E-state index contributed by atoms with van der Waals surface area (Å²) >= 11 is 6.02. The highest BCUT2D eigenvalue weighted by molar-refractivity contribution is 6.24. The second-order valence-electron chi connectivity index (χ2n) is 2.98. The Bertz CT molecular complexity index is 330. The molecule has 1 N–H and O–H groups in total. The van der Waals surface area contributed by atoms with E-state index in [-0.39, 0.29) is 5.50 Å². The molecule has 0 saturated carbocycles. The molecule has 1 aromatic rings. The molecule has 0 fully saturated rings. The highest BCUT2D eigenvalue weighted by Gasteiger charge is 2.13. The van der Waals surface area contributed by atoms with Gasteiger partial charge in [-0.3, -0.25) is 0 Å². The number of anilines is 1. The van der Waals surface area contributed by atoms with Gasteiger partial charge in [0.25, 0.3) is 0 Å². The van der Waals surface area contributed by atoms with Crippen molar-refractivity contribution in [2.24, 2.45) is 0 Å². The Labute approximate surface area is 77.0 Å². The van der Waals surface area contributed by atoms with E-state index in [1.54, 1.807) is 0 Å². The lowest BCUT2D eigenvalue weighted by atomic mass is 10.1. The highest BCUT2D eigenvalue weighted by Crippen LogP contribution is 2.27. The van der Waals surface area contributed by atoms with Crippen LogP contribution in [0.5, 0.6) is 0 Å². The lowest BCUT2D eigenvalue weighted by Gasteiger charge is -2.21. The third-order valence-electron chi connectivity index (χ3n) is 2.03. The molecule has 1 atom stereocenters. The number of fused-ring (bicyclic) bond motifs is 1. The van der Waals surface area contributed by atoms with Gasteiger partial charge in [0.1, 0.15) is 5.50 Å². The first-order valence-corrected chi connectivity index (χ1v) is 4.39. The van der Waals surface area contributed by atoms with E-state index in [1.165, 1.54) is 5.56 Å². The molecule has 1 heterocycles. The zero-order valence-electron chi connectivity index (χ0n) is 6.84. The molecule has 0 aromatic heterocycles. The molecule has 1 aliphatic heterocycles. The molecule has 0 bridgehead atoms. The number of rotatable bonds is 0. The molecular weight excluding hydrogens is 170 g/mol. The van der Waals surface area contributed by atoms with Gasteiger partial charge < -0.3 is 5.32 Å². The van der Waals surface area contributed by atoms with Gasteiger partial charge in [0.15, 0.2) is 0 Å². The van der Waals surface area contributed by atoms with Gasteiger partial charge in [0, 0.05) is 5.69 Å². The van der Waals surface area contributed by atoms with Gasteiger partial charge in [-0.2, -0.15) is 0 Å². The summed E-state index contributed by atoms with van der Waals surface area (Å²) in [5, 5.41) is 3.21. The fourth-order valence-electron chi connectivity index (χ4n) is 1.32. The molecule has 1 aromatic carbocycles. The van der Waals surface area contributed by atoms with Crippen molar-refractivity contribution in [3.8, 4) is 0 Å². The van der Waals surface area contributed by atoms with Crippen LogP contribution in [0.2, 0.25) is 0 Å². The van der Waals surface area contributed by atoms with E-state index in [1.807, 2.05) is 25.1 Å². The first kappa shape index (κ1) is 7.69. The molecule has 62 valence electrons. The molecule has 0 spiro atoms. The van der Waals surface area contributed by atoms with E-state index in [9.17, 15) is 0 Å². The Morgan fingerprint density at radius 3 is 2.92 bits per heavy atom. The molecular formula is C10H10ClN. The monoisotopic (exact) mass is 179 g/mol. The maximum atomic E-state index is 6.02. The summed E-state index contributed by atoms with van der Waals surface area (Å²) in [4.78, 5) is 0. The SMILES string of the molecule is CC1=Cc2ccccc2NC1Cl. The van der Waals surface area contributed by atoms with Gasteiger partial charge in [-0.1, -0.05) is 35.9 Å². The Hall–Kier alpha value is -0.950. The Kier molecular flexibility index (Phi) is 1.81. The third kappa shape index (κ3) is 1.21. The lowest BCUT2D eigenvalue weighted by Crippen LogP contribution is -2.17. The summed E-state index contributed by atoms with van der Waals surface area (Å²) < 4.78 is 0. The van der Waals surface area contributed by atoms with Crippen LogP contribution in [0.1, 0.15) is 12.5 Å². The van der Waals surface area contributed by atoms with Crippen molar-refractivity contribution in [3.05, 3.63) is 35.4 Å². The Balaban J connectivity index is 2.49. The van der Waals surface area contributed by atoms with Crippen molar-refractivity contribution in [1.29, 1.82) is 0 Å². The van der Waals surface area contributed by atoms with Crippen molar-refractivity contribution in [3.63, 3.8) is 0 Å². The number of hydrogen-bond donors (Lipinski definition) is 1. The smallest absolute Gasteiger partial charge is 0.123 e. The van der Waals surface area contributed by atoms with Gasteiger partial charge in [0.2, 0.25) is 0 Å². The number of hydrogen-bond acceptors (Lipinski definition) is 1. The van der Waals surface area contributed by atoms with E-state index in [0.29, 0.717) is 0 Å². The minimum absolute atomic E-state index is 0.0556. The zero-order valence-corrected chi connectivity index (χ0v) is 7.60. The van der Waals surface area contributed by atoms with Crippen LogP contribution in [0, 0.1) is 0 Å². The van der Waals surface area contributed by atoms with Gasteiger partial charge in [-0.25, -0.2) is 0 Å². The van der Waals surface area contributed by atoms with Crippen LogP contribution in [-0.2, 0) is 0 Å². The first-order chi connectivity index (χ1) is 5.77. The van der Waals surface area contributed by atoms with Crippen LogP contribution < -0.4 is 5.32 Å². The van der Waals surface area contributed by atoms with Crippen LogP contribution in [0.15, 0.2) is 29.8 Å². The minimum Gasteiger partial charge on any atom is -0.365 e. The normalized spacial score (nSPS) is 20.8. The van der Waals surface area contributed by atoms with Crippen LogP contribution in [0.25, 0.3) is 6.08 Å². The fraction of sp³-hybridized carbons (Fsp3) is 0.200. The van der Waals surface area contributed by atoms with Crippen molar-refractivity contribution < 1.29 is 0 Å². The number of benzene rings is 1. The van der Waals surface area contributed by atoms with E-state index in [0.717, 1.165) is 11.3 Å². The van der Waals surface area contributed by atoms with Gasteiger partial charge in [-0.05, 0) is 24.1 Å². The maximum absolute atomic E-state index is 6.02. The largest absolute Gasteiger partial charge is 0.365 e. The van der Waals surface area contributed by atoms with Crippen LogP contribution in [-0.4, -0.2) is 5.50 Å². The molecule has 2 rings (SSSR count). The summed E-state index contributed by atoms with van der Waals surface area (Å²) in [5.41, 5.74) is 3.44. The molecule has 0 amide bonds. The van der Waals surface area contributed by atoms with Crippen molar-refractivity contribution in [2.45, 2.75) is 12.4 Å². The second-order valence-corrected chi connectivity index (χ2v) is 3.42. The maximum Gasteiger partial charge on any atom is 0.123 e. The number of nitrogens with one attached hydrogen (secondary N) is 1. The average Bonchev–Trinajstić information content (AvgIpc) is 2.07. The number of para-hydroxylation sites is 1. The Morgan fingerprint density at radius 1 is 1.33 bits per heavy atom. The summed E-state index contributed by atoms with van der Waals surface area (Å²) in [7, 11) is 0. The summed E-state index contributed by atoms with van der Waals surface area (Å²) in [6.07, 6.45) is 2.11. The quantitative estimate of drug-likeness (QED) is 0.477. The van der Waals surface area contributed by atoms with E-state index in [2.05, 4.69) is 17.5 Å². The molecule has 12 heavy (non-hydrogen) atoms. The highest BCUT2D eigenvalue weighted by atomic mass is 35.5.